The van der Waals surface area contributed by atoms with E-state index >= 15 is 0 Å². The van der Waals surface area contributed by atoms with E-state index in [2.05, 4.69) is 10.0 Å². The summed E-state index contributed by atoms with van der Waals surface area (Å²) in [5, 5.41) is 4.50. The molecule has 4 rings (SSSR count). The molecule has 2 N–H and O–H groups in total. The van der Waals surface area contributed by atoms with Gasteiger partial charge in [0.05, 0.1) is 0 Å². The number of nitrogens with one attached hydrogen (secondary N) is 2. The lowest BCUT2D eigenvalue weighted by Crippen LogP contribution is -2.23. The van der Waals surface area contributed by atoms with Gasteiger partial charge < -0.3 is 14.8 Å². The first kappa shape index (κ1) is 18.3. The summed E-state index contributed by atoms with van der Waals surface area (Å²) in [4.78, 5) is 12.5. The lowest BCUT2D eigenvalue weighted by atomic mass is 10.1. The SMILES string of the molecule is O=C(NCc1ccc2c(c1)OCO2)c1cccc(NS(=O)(=O)c2cccs2)c1. The van der Waals surface area contributed by atoms with Crippen molar-refractivity contribution in [2.24, 2.45) is 0 Å². The maximum atomic E-state index is 12.5. The molecule has 3 aromatic rings. The first-order valence-corrected chi connectivity index (χ1v) is 10.7. The second-order valence-electron chi connectivity index (χ2n) is 5.99. The molecule has 0 fully saturated rings. The van der Waals surface area contributed by atoms with Gasteiger partial charge in [0.1, 0.15) is 4.21 Å². The summed E-state index contributed by atoms with van der Waals surface area (Å²) in [6.45, 7) is 0.500. The maximum absolute atomic E-state index is 12.5. The van der Waals surface area contributed by atoms with Crippen molar-refractivity contribution in [1.82, 2.24) is 5.32 Å². The molecule has 144 valence electrons. The van der Waals surface area contributed by atoms with E-state index in [1.165, 1.54) is 12.1 Å². The molecule has 0 bridgehead atoms. The van der Waals surface area contributed by atoms with Gasteiger partial charge in [-0.25, -0.2) is 8.42 Å². The third-order valence-electron chi connectivity index (χ3n) is 4.03. The van der Waals surface area contributed by atoms with Crippen LogP contribution >= 0.6 is 11.3 Å². The number of hydrogen-bond acceptors (Lipinski definition) is 6. The van der Waals surface area contributed by atoms with Crippen molar-refractivity contribution in [3.63, 3.8) is 0 Å². The third kappa shape index (κ3) is 3.95. The Morgan fingerprint density at radius 1 is 1.04 bits per heavy atom. The zero-order valence-electron chi connectivity index (χ0n) is 14.5. The van der Waals surface area contributed by atoms with Crippen LogP contribution in [0.4, 0.5) is 5.69 Å². The summed E-state index contributed by atoms with van der Waals surface area (Å²) in [6, 6.07) is 15.0. The molecule has 7 nitrogen and oxygen atoms in total. The van der Waals surface area contributed by atoms with E-state index in [0.717, 1.165) is 16.9 Å². The van der Waals surface area contributed by atoms with Gasteiger partial charge in [0, 0.05) is 17.8 Å². The number of fused-ring (bicyclic) bond motifs is 1. The van der Waals surface area contributed by atoms with Gasteiger partial charge in [-0.15, -0.1) is 11.3 Å². The molecule has 2 aromatic carbocycles. The van der Waals surface area contributed by atoms with E-state index in [1.54, 1.807) is 35.7 Å². The van der Waals surface area contributed by atoms with Crippen molar-refractivity contribution in [2.45, 2.75) is 10.8 Å². The van der Waals surface area contributed by atoms with Crippen LogP contribution in [-0.4, -0.2) is 21.1 Å². The normalized spacial score (nSPS) is 12.6. The van der Waals surface area contributed by atoms with Gasteiger partial charge in [-0.3, -0.25) is 9.52 Å². The molecule has 1 amide bonds. The highest BCUT2D eigenvalue weighted by atomic mass is 32.2. The molecule has 0 radical (unpaired) electrons. The average Bonchev–Trinajstić information content (AvgIpc) is 3.37. The van der Waals surface area contributed by atoms with Crippen molar-refractivity contribution in [3.05, 3.63) is 71.1 Å². The molecule has 28 heavy (non-hydrogen) atoms. The van der Waals surface area contributed by atoms with Crippen LogP contribution in [0.3, 0.4) is 0 Å². The highest BCUT2D eigenvalue weighted by Gasteiger charge is 2.16. The van der Waals surface area contributed by atoms with Gasteiger partial charge in [0.2, 0.25) is 6.79 Å². The summed E-state index contributed by atoms with van der Waals surface area (Å²) < 4.78 is 37.9. The highest BCUT2D eigenvalue weighted by Crippen LogP contribution is 2.32. The summed E-state index contributed by atoms with van der Waals surface area (Å²) in [5.74, 6) is 1.02. The molecule has 0 aliphatic carbocycles. The zero-order chi connectivity index (χ0) is 19.6. The number of carbonyl (C=O) groups excluding carboxylic acids is 1. The van der Waals surface area contributed by atoms with Gasteiger partial charge in [-0.2, -0.15) is 0 Å². The molecular formula is C19H16N2O5S2. The molecule has 1 aliphatic rings. The molecule has 0 atom stereocenters. The number of carbonyl (C=O) groups is 1. The van der Waals surface area contributed by atoms with Gasteiger partial charge in [0.15, 0.2) is 11.5 Å². The maximum Gasteiger partial charge on any atom is 0.271 e. The van der Waals surface area contributed by atoms with Crippen LogP contribution in [0.2, 0.25) is 0 Å². The number of hydrogen-bond donors (Lipinski definition) is 2. The Bertz CT molecular complexity index is 1110. The molecule has 0 saturated carbocycles. The zero-order valence-corrected chi connectivity index (χ0v) is 16.2. The largest absolute Gasteiger partial charge is 0.454 e. The van der Waals surface area contributed by atoms with Gasteiger partial charge in [0.25, 0.3) is 15.9 Å². The van der Waals surface area contributed by atoms with Crippen molar-refractivity contribution in [1.29, 1.82) is 0 Å². The summed E-state index contributed by atoms with van der Waals surface area (Å²) in [7, 11) is -3.66. The van der Waals surface area contributed by atoms with E-state index < -0.39 is 10.0 Å². The average molecular weight is 416 g/mol. The van der Waals surface area contributed by atoms with Crippen LogP contribution in [0.15, 0.2) is 64.2 Å². The Morgan fingerprint density at radius 3 is 2.71 bits per heavy atom. The van der Waals surface area contributed by atoms with E-state index in [0.29, 0.717) is 29.3 Å². The van der Waals surface area contributed by atoms with Crippen molar-refractivity contribution >= 4 is 33.0 Å². The lowest BCUT2D eigenvalue weighted by molar-refractivity contribution is 0.0951. The minimum atomic E-state index is -3.66. The molecule has 2 heterocycles. The lowest BCUT2D eigenvalue weighted by Gasteiger charge is -2.09. The molecule has 1 aliphatic heterocycles. The standard InChI is InChI=1S/C19H16N2O5S2/c22-19(20-11-13-6-7-16-17(9-13)26-12-25-16)14-3-1-4-15(10-14)21-28(23,24)18-5-2-8-27-18/h1-10,21H,11-12H2,(H,20,22). The number of amides is 1. The van der Waals surface area contributed by atoms with Crippen LogP contribution < -0.4 is 19.5 Å². The van der Waals surface area contributed by atoms with E-state index in [9.17, 15) is 13.2 Å². The summed E-state index contributed by atoms with van der Waals surface area (Å²) >= 11 is 1.12. The number of ether oxygens (including phenoxy) is 2. The first-order valence-electron chi connectivity index (χ1n) is 8.34. The topological polar surface area (TPSA) is 93.7 Å². The number of benzene rings is 2. The Kier molecular flexibility index (Phi) is 4.93. The fourth-order valence-electron chi connectivity index (χ4n) is 2.68. The van der Waals surface area contributed by atoms with E-state index in [1.807, 2.05) is 12.1 Å². The molecule has 0 spiro atoms. The van der Waals surface area contributed by atoms with Crippen molar-refractivity contribution < 1.29 is 22.7 Å². The van der Waals surface area contributed by atoms with Crippen LogP contribution in [0.1, 0.15) is 15.9 Å². The van der Waals surface area contributed by atoms with E-state index in [4.69, 9.17) is 9.47 Å². The molecule has 0 unspecified atom stereocenters. The molecule has 9 heteroatoms. The summed E-state index contributed by atoms with van der Waals surface area (Å²) in [6.07, 6.45) is 0. The van der Waals surface area contributed by atoms with Gasteiger partial charge in [-0.1, -0.05) is 18.2 Å². The van der Waals surface area contributed by atoms with Crippen LogP contribution in [-0.2, 0) is 16.6 Å². The Balaban J connectivity index is 1.43. The van der Waals surface area contributed by atoms with Gasteiger partial charge in [-0.05, 0) is 47.3 Å². The predicted octanol–water partition coefficient (Wildman–Crippen LogP) is 3.21. The molecule has 1 aromatic heterocycles. The second-order valence-corrected chi connectivity index (χ2v) is 8.85. The van der Waals surface area contributed by atoms with Crippen molar-refractivity contribution in [3.8, 4) is 11.5 Å². The quantitative estimate of drug-likeness (QED) is 0.644. The number of anilines is 1. The Hall–Kier alpha value is -3.04. The Morgan fingerprint density at radius 2 is 1.89 bits per heavy atom. The summed E-state index contributed by atoms with van der Waals surface area (Å²) in [5.41, 5.74) is 1.54. The number of thiophene rings is 1. The third-order valence-corrected chi connectivity index (χ3v) is 6.81. The minimum absolute atomic E-state index is 0.194. The smallest absolute Gasteiger partial charge is 0.271 e. The number of sulfonamides is 1. The van der Waals surface area contributed by atoms with Gasteiger partial charge >= 0.3 is 0 Å². The van der Waals surface area contributed by atoms with Crippen LogP contribution in [0, 0.1) is 0 Å². The highest BCUT2D eigenvalue weighted by molar-refractivity contribution is 7.94. The minimum Gasteiger partial charge on any atom is -0.454 e. The molecule has 0 saturated heterocycles. The second kappa shape index (κ2) is 7.53. The Labute approximate surface area is 166 Å². The monoisotopic (exact) mass is 416 g/mol. The molecular weight excluding hydrogens is 400 g/mol. The first-order chi connectivity index (χ1) is 13.5. The predicted molar refractivity (Wildman–Crippen MR) is 105 cm³/mol. The van der Waals surface area contributed by atoms with Crippen LogP contribution in [0.5, 0.6) is 11.5 Å². The van der Waals surface area contributed by atoms with Crippen molar-refractivity contribution in [2.75, 3.05) is 11.5 Å². The fourth-order valence-corrected chi connectivity index (χ4v) is 4.72. The fraction of sp³-hybridized carbons (Fsp3) is 0.105. The van der Waals surface area contributed by atoms with E-state index in [-0.39, 0.29) is 16.9 Å². The number of rotatable bonds is 6. The van der Waals surface area contributed by atoms with Crippen LogP contribution in [0.25, 0.3) is 0 Å².